The quantitative estimate of drug-likeness (QED) is 0.929. The van der Waals surface area contributed by atoms with Crippen molar-refractivity contribution < 1.29 is 4.79 Å². The largest absolute Gasteiger partial charge is 0.359 e. The second kappa shape index (κ2) is 6.50. The highest BCUT2D eigenvalue weighted by Crippen LogP contribution is 2.29. The van der Waals surface area contributed by atoms with Gasteiger partial charge in [-0.15, -0.1) is 0 Å². The predicted molar refractivity (Wildman–Crippen MR) is 88.2 cm³/mol. The van der Waals surface area contributed by atoms with Crippen molar-refractivity contribution in [1.82, 2.24) is 9.88 Å². The van der Waals surface area contributed by atoms with Crippen molar-refractivity contribution in [1.29, 1.82) is 0 Å². The summed E-state index contributed by atoms with van der Waals surface area (Å²) in [5.41, 5.74) is 0.623. The molecule has 1 aromatic carbocycles. The van der Waals surface area contributed by atoms with Crippen molar-refractivity contribution in [3.63, 3.8) is 0 Å². The number of hydrogen-bond donors (Lipinski definition) is 1. The summed E-state index contributed by atoms with van der Waals surface area (Å²) in [5, 5.41) is 5.01. The first-order valence-electron chi connectivity index (χ1n) is 6.70. The average molecular weight is 326 g/mol. The third-order valence-electron chi connectivity index (χ3n) is 3.34. The molecule has 0 aliphatic heterocycles. The maximum atomic E-state index is 12.1. The zero-order valence-corrected chi connectivity index (χ0v) is 13.7. The number of amides is 1. The van der Waals surface area contributed by atoms with Gasteiger partial charge in [0.1, 0.15) is 11.9 Å². The lowest BCUT2D eigenvalue weighted by Gasteiger charge is -2.21. The van der Waals surface area contributed by atoms with E-state index in [1.165, 1.54) is 0 Å². The van der Waals surface area contributed by atoms with E-state index in [0.717, 1.165) is 5.39 Å². The van der Waals surface area contributed by atoms with Gasteiger partial charge in [-0.1, -0.05) is 23.2 Å². The fourth-order valence-electron chi connectivity index (χ4n) is 2.00. The van der Waals surface area contributed by atoms with Crippen LogP contribution in [0.2, 0.25) is 10.0 Å². The minimum absolute atomic E-state index is 0.0107. The van der Waals surface area contributed by atoms with Crippen LogP contribution < -0.4 is 5.32 Å². The Kier molecular flexibility index (Phi) is 4.91. The molecule has 1 unspecified atom stereocenters. The summed E-state index contributed by atoms with van der Waals surface area (Å²) >= 11 is 12.3. The topological polar surface area (TPSA) is 45.2 Å². The van der Waals surface area contributed by atoms with E-state index in [0.29, 0.717) is 27.9 Å². The van der Waals surface area contributed by atoms with Crippen molar-refractivity contribution in [3.8, 4) is 0 Å². The van der Waals surface area contributed by atoms with Gasteiger partial charge in [-0.3, -0.25) is 4.79 Å². The molecule has 1 aromatic heterocycles. The van der Waals surface area contributed by atoms with Crippen LogP contribution in [0.3, 0.4) is 0 Å². The smallest absolute Gasteiger partial charge is 0.244 e. The van der Waals surface area contributed by atoms with Gasteiger partial charge >= 0.3 is 0 Å². The second-order valence-corrected chi connectivity index (χ2v) is 5.65. The molecule has 21 heavy (non-hydrogen) atoms. The van der Waals surface area contributed by atoms with Crippen LogP contribution in [0.1, 0.15) is 13.8 Å². The van der Waals surface area contributed by atoms with Crippen LogP contribution in [-0.4, -0.2) is 35.4 Å². The van der Waals surface area contributed by atoms with Gasteiger partial charge in [-0.25, -0.2) is 4.98 Å². The lowest BCUT2D eigenvalue weighted by Crippen LogP contribution is -2.39. The minimum Gasteiger partial charge on any atom is -0.359 e. The van der Waals surface area contributed by atoms with Gasteiger partial charge in [0, 0.05) is 19.0 Å². The highest BCUT2D eigenvalue weighted by Gasteiger charge is 2.17. The number of pyridine rings is 1. The van der Waals surface area contributed by atoms with Gasteiger partial charge < -0.3 is 10.2 Å². The molecular formula is C15H17Cl2N3O. The molecule has 1 N–H and O–H groups in total. The number of rotatable bonds is 4. The van der Waals surface area contributed by atoms with E-state index in [9.17, 15) is 4.79 Å². The molecule has 0 spiro atoms. The lowest BCUT2D eigenvalue weighted by atomic mass is 10.2. The SMILES string of the molecule is CCN(C)C(=O)C(C)Nc1ccc2c(Cl)ccc(Cl)c2n1. The predicted octanol–water partition coefficient (Wildman–Crippen LogP) is 3.82. The Hall–Kier alpha value is -1.52. The summed E-state index contributed by atoms with van der Waals surface area (Å²) in [5.74, 6) is 0.605. The number of nitrogens with one attached hydrogen (secondary N) is 1. The molecule has 0 aliphatic carbocycles. The van der Waals surface area contributed by atoms with Crippen molar-refractivity contribution in [2.45, 2.75) is 19.9 Å². The Labute approximate surface area is 134 Å². The molecule has 6 heteroatoms. The third kappa shape index (κ3) is 3.39. The summed E-state index contributed by atoms with van der Waals surface area (Å²) in [6, 6.07) is 6.73. The van der Waals surface area contributed by atoms with Gasteiger partial charge in [0.25, 0.3) is 0 Å². The Balaban J connectivity index is 2.28. The number of anilines is 1. The van der Waals surface area contributed by atoms with Crippen LogP contribution in [0, 0.1) is 0 Å². The standard InChI is InChI=1S/C15H17Cl2N3O/c1-4-20(3)15(21)9(2)18-13-8-5-10-11(16)6-7-12(17)14(10)19-13/h5-9H,4H2,1-3H3,(H,18,19). The van der Waals surface area contributed by atoms with Crippen molar-refractivity contribution in [2.75, 3.05) is 18.9 Å². The highest BCUT2D eigenvalue weighted by atomic mass is 35.5. The normalized spacial score (nSPS) is 12.2. The van der Waals surface area contributed by atoms with Gasteiger partial charge in [0.2, 0.25) is 5.91 Å². The Morgan fingerprint density at radius 2 is 1.95 bits per heavy atom. The maximum absolute atomic E-state index is 12.1. The van der Waals surface area contributed by atoms with Gasteiger partial charge in [0.05, 0.1) is 15.6 Å². The number of benzene rings is 1. The molecule has 1 heterocycles. The fraction of sp³-hybridized carbons (Fsp3) is 0.333. The summed E-state index contributed by atoms with van der Waals surface area (Å²) in [7, 11) is 1.77. The molecule has 0 bridgehead atoms. The van der Waals surface area contributed by atoms with E-state index in [-0.39, 0.29) is 11.9 Å². The number of aromatic nitrogens is 1. The van der Waals surface area contributed by atoms with E-state index in [2.05, 4.69) is 10.3 Å². The Morgan fingerprint density at radius 3 is 2.62 bits per heavy atom. The van der Waals surface area contributed by atoms with Crippen molar-refractivity contribution in [2.24, 2.45) is 0 Å². The van der Waals surface area contributed by atoms with Crippen LogP contribution in [0.15, 0.2) is 24.3 Å². The molecule has 0 fully saturated rings. The summed E-state index contributed by atoms with van der Waals surface area (Å²) < 4.78 is 0. The van der Waals surface area contributed by atoms with E-state index in [4.69, 9.17) is 23.2 Å². The van der Waals surface area contributed by atoms with Gasteiger partial charge in [-0.05, 0) is 38.1 Å². The molecule has 0 radical (unpaired) electrons. The first-order valence-corrected chi connectivity index (χ1v) is 7.46. The van der Waals surface area contributed by atoms with E-state index in [1.54, 1.807) is 37.1 Å². The highest BCUT2D eigenvalue weighted by molar-refractivity contribution is 6.39. The van der Waals surface area contributed by atoms with Crippen molar-refractivity contribution in [3.05, 3.63) is 34.3 Å². The van der Waals surface area contributed by atoms with Crippen molar-refractivity contribution >= 4 is 45.8 Å². The summed E-state index contributed by atoms with van der Waals surface area (Å²) in [4.78, 5) is 18.2. The zero-order valence-electron chi connectivity index (χ0n) is 12.2. The molecule has 0 saturated heterocycles. The number of fused-ring (bicyclic) bond motifs is 1. The zero-order chi connectivity index (χ0) is 15.6. The molecule has 2 rings (SSSR count). The fourth-order valence-corrected chi connectivity index (χ4v) is 2.42. The number of carbonyl (C=O) groups excluding carboxylic acids is 1. The van der Waals surface area contributed by atoms with Gasteiger partial charge in [0.15, 0.2) is 0 Å². The minimum atomic E-state index is -0.363. The monoisotopic (exact) mass is 325 g/mol. The number of carbonyl (C=O) groups is 1. The molecule has 1 atom stereocenters. The first kappa shape index (κ1) is 15.9. The maximum Gasteiger partial charge on any atom is 0.244 e. The summed E-state index contributed by atoms with van der Waals surface area (Å²) in [6.07, 6.45) is 0. The Bertz CT molecular complexity index is 675. The summed E-state index contributed by atoms with van der Waals surface area (Å²) in [6.45, 7) is 4.40. The van der Waals surface area contributed by atoms with Crippen LogP contribution >= 0.6 is 23.2 Å². The number of likely N-dealkylation sites (N-methyl/N-ethyl adjacent to an activating group) is 1. The molecule has 112 valence electrons. The molecule has 0 saturated carbocycles. The Morgan fingerprint density at radius 1 is 1.29 bits per heavy atom. The van der Waals surface area contributed by atoms with E-state index >= 15 is 0 Å². The molecule has 1 amide bonds. The van der Waals surface area contributed by atoms with Crippen LogP contribution in [0.5, 0.6) is 0 Å². The average Bonchev–Trinajstić information content (AvgIpc) is 2.49. The molecule has 4 nitrogen and oxygen atoms in total. The molecule has 2 aromatic rings. The van der Waals surface area contributed by atoms with Gasteiger partial charge in [-0.2, -0.15) is 0 Å². The van der Waals surface area contributed by atoms with Crippen LogP contribution in [0.4, 0.5) is 5.82 Å². The second-order valence-electron chi connectivity index (χ2n) is 4.84. The molecule has 0 aliphatic rings. The first-order chi connectivity index (χ1) is 9.93. The third-order valence-corrected chi connectivity index (χ3v) is 3.97. The number of nitrogens with zero attached hydrogens (tertiary/aromatic N) is 2. The van der Waals surface area contributed by atoms with Crippen LogP contribution in [-0.2, 0) is 4.79 Å². The number of halogens is 2. The van der Waals surface area contributed by atoms with E-state index in [1.807, 2.05) is 13.0 Å². The molecular weight excluding hydrogens is 309 g/mol. The lowest BCUT2D eigenvalue weighted by molar-refractivity contribution is -0.130. The number of hydrogen-bond acceptors (Lipinski definition) is 3. The van der Waals surface area contributed by atoms with E-state index < -0.39 is 0 Å². The van der Waals surface area contributed by atoms with Crippen LogP contribution in [0.25, 0.3) is 10.9 Å².